The molecule has 2 atom stereocenters. The Morgan fingerprint density at radius 2 is 0.860 bits per heavy atom. The van der Waals surface area contributed by atoms with Crippen LogP contribution in [0.25, 0.3) is 34.4 Å². The second kappa shape index (κ2) is 11.6. The Morgan fingerprint density at radius 1 is 0.488 bits per heavy atom. The fraction of sp³-hybridized carbons (Fsp3) is 0.300. The Morgan fingerprint density at radius 3 is 1.19 bits per heavy atom. The number of allylic oxidation sites excluding steroid dienone is 2. The first kappa shape index (κ1) is 32.2. The molecule has 0 radical (unpaired) electrons. The average Bonchev–Trinajstić information content (AvgIpc) is 3.45. The minimum absolute atomic E-state index is 0. The number of hydrogen-bond acceptors (Lipinski definition) is 0. The molecule has 1 fully saturated rings. The third kappa shape index (κ3) is 5.38. The van der Waals surface area contributed by atoms with Crippen molar-refractivity contribution in [1.82, 2.24) is 0 Å². The first-order valence-electron chi connectivity index (χ1n) is 15.4. The number of halogens is 2. The van der Waals surface area contributed by atoms with Crippen molar-refractivity contribution in [2.24, 2.45) is 10.8 Å². The second-order valence-corrected chi connectivity index (χ2v) is 31.2. The fourth-order valence-electron chi connectivity index (χ4n) is 7.97. The average molecular weight is 772 g/mol. The van der Waals surface area contributed by atoms with Gasteiger partial charge in [-0.05, 0) is 0 Å². The Hall–Kier alpha value is -2.19. The maximum absolute atomic E-state index is 3.03. The van der Waals surface area contributed by atoms with Crippen molar-refractivity contribution in [3.63, 3.8) is 0 Å². The molecule has 1 saturated heterocycles. The molecule has 4 aromatic rings. The Labute approximate surface area is 275 Å². The maximum atomic E-state index is 2.64. The second-order valence-electron chi connectivity index (χ2n) is 14.6. The molecule has 2 aliphatic carbocycles. The molecular weight excluding hydrogens is 730 g/mol. The van der Waals surface area contributed by atoms with Crippen molar-refractivity contribution in [3.8, 4) is 22.3 Å². The van der Waals surface area contributed by atoms with E-state index in [1.165, 1.54) is 41.7 Å². The van der Waals surface area contributed by atoms with Gasteiger partial charge in [-0.2, -0.15) is 0 Å². The summed E-state index contributed by atoms with van der Waals surface area (Å²) in [4.78, 5) is 0. The molecule has 0 N–H and O–H groups in total. The van der Waals surface area contributed by atoms with Crippen LogP contribution in [0.4, 0.5) is 0 Å². The summed E-state index contributed by atoms with van der Waals surface area (Å²) in [6.07, 6.45) is 5.28. The molecule has 4 aromatic carbocycles. The zero-order chi connectivity index (χ0) is 28.6. The van der Waals surface area contributed by atoms with Crippen molar-refractivity contribution >= 4 is 12.2 Å². The van der Waals surface area contributed by atoms with Gasteiger partial charge in [-0.15, -0.1) is 0 Å². The quantitative estimate of drug-likeness (QED) is 0.234. The van der Waals surface area contributed by atoms with Crippen LogP contribution in [0.3, 0.4) is 0 Å². The van der Waals surface area contributed by atoms with Gasteiger partial charge in [0.05, 0.1) is 0 Å². The van der Waals surface area contributed by atoms with Gasteiger partial charge >= 0.3 is 253 Å². The number of benzene rings is 4. The summed E-state index contributed by atoms with van der Waals surface area (Å²) in [6, 6.07) is 36.5. The summed E-state index contributed by atoms with van der Waals surface area (Å²) in [5, 5.41) is 0. The van der Waals surface area contributed by atoms with Gasteiger partial charge < -0.3 is 24.8 Å². The van der Waals surface area contributed by atoms with Crippen molar-refractivity contribution in [1.29, 1.82) is 0 Å². The molecule has 0 nitrogen and oxygen atoms in total. The standard InChI is InChI=1S/2C19H19.C2H4.2ClH.Hf/c2*1-19(2,3)16-12-15-10-7-11-17(18(15)13-16)14-8-5-4-6-9-14;1-2;;;/h2*4-13H,1-3H3;1-2H2;2*1H;/q;;;;;+2/p-2. The topological polar surface area (TPSA) is 0 Å². The third-order valence-electron chi connectivity index (χ3n) is 10.0. The number of hydrogen-bond donors (Lipinski definition) is 0. The molecule has 1 heterocycles. The van der Waals surface area contributed by atoms with Gasteiger partial charge in [0.25, 0.3) is 0 Å². The van der Waals surface area contributed by atoms with E-state index in [9.17, 15) is 0 Å². The van der Waals surface area contributed by atoms with E-state index in [-0.39, 0.29) is 35.6 Å². The largest absolute Gasteiger partial charge is 1.00 e. The number of fused-ring (bicyclic) bond motifs is 2. The predicted octanol–water partition coefficient (Wildman–Crippen LogP) is 5.70. The van der Waals surface area contributed by atoms with Crippen molar-refractivity contribution in [2.45, 2.75) is 57.2 Å². The zero-order valence-electron chi connectivity index (χ0n) is 26.2. The van der Waals surface area contributed by atoms with Gasteiger partial charge in [0.1, 0.15) is 0 Å². The molecule has 2 unspecified atom stereocenters. The SMILES string of the molecule is CC(C)(C)C1=Cc2c(-c3ccccc3)cccc2[CH]1[Hf+2]1([CH]2C(C(C)(C)C)=Cc3c(-c4ccccc4)cccc32)[CH2][CH2]1.[Cl-].[Cl-]. The van der Waals surface area contributed by atoms with E-state index in [0.717, 1.165) is 0 Å². The summed E-state index contributed by atoms with van der Waals surface area (Å²) in [6.45, 7) is 14.8. The molecule has 7 rings (SSSR count). The molecule has 43 heavy (non-hydrogen) atoms. The molecule has 0 saturated carbocycles. The molecule has 0 bridgehead atoms. The maximum Gasteiger partial charge on any atom is -1.00 e. The van der Waals surface area contributed by atoms with E-state index in [1.54, 1.807) is 22.3 Å². The van der Waals surface area contributed by atoms with Crippen LogP contribution in [-0.4, -0.2) is 0 Å². The van der Waals surface area contributed by atoms with E-state index >= 15 is 0 Å². The van der Waals surface area contributed by atoms with Crippen molar-refractivity contribution in [3.05, 3.63) is 130 Å². The molecular formula is C40H42Cl2Hf. The van der Waals surface area contributed by atoms with Crippen LogP contribution < -0.4 is 24.8 Å². The first-order chi connectivity index (χ1) is 19.6. The van der Waals surface area contributed by atoms with Crippen LogP contribution >= 0.6 is 0 Å². The van der Waals surface area contributed by atoms with Gasteiger partial charge in [-0.1, -0.05) is 0 Å². The molecule has 0 aromatic heterocycles. The van der Waals surface area contributed by atoms with Crippen molar-refractivity contribution < 1.29 is 44.8 Å². The summed E-state index contributed by atoms with van der Waals surface area (Å²) in [5.41, 5.74) is 15.4. The predicted molar refractivity (Wildman–Crippen MR) is 174 cm³/mol. The van der Waals surface area contributed by atoms with E-state index in [2.05, 4.69) is 151 Å². The van der Waals surface area contributed by atoms with Crippen LogP contribution in [0.2, 0.25) is 8.35 Å². The van der Waals surface area contributed by atoms with Crippen LogP contribution in [0, 0.1) is 10.8 Å². The Balaban J connectivity index is 0.00000184. The monoisotopic (exact) mass is 772 g/mol. The van der Waals surface area contributed by atoms with Gasteiger partial charge in [0, 0.05) is 0 Å². The Bertz CT molecular complexity index is 1570. The summed E-state index contributed by atoms with van der Waals surface area (Å²) in [5.74, 6) is 0. The van der Waals surface area contributed by atoms with Gasteiger partial charge in [0.15, 0.2) is 0 Å². The molecule has 1 aliphatic heterocycles. The van der Waals surface area contributed by atoms with Crippen LogP contribution in [0.15, 0.2) is 108 Å². The van der Waals surface area contributed by atoms with E-state index in [0.29, 0.717) is 7.35 Å². The number of rotatable bonds is 4. The van der Waals surface area contributed by atoms with E-state index in [4.69, 9.17) is 0 Å². The third-order valence-corrected chi connectivity index (χ3v) is 28.7. The minimum atomic E-state index is -3.03. The van der Waals surface area contributed by atoms with Crippen LogP contribution in [0.1, 0.15) is 71.1 Å². The van der Waals surface area contributed by atoms with Crippen molar-refractivity contribution in [2.75, 3.05) is 0 Å². The van der Waals surface area contributed by atoms with E-state index in [1.807, 2.05) is 0 Å². The summed E-state index contributed by atoms with van der Waals surface area (Å²) < 4.78 is 4.27. The minimum Gasteiger partial charge on any atom is -1.00 e. The Kier molecular flexibility index (Phi) is 8.71. The van der Waals surface area contributed by atoms with Gasteiger partial charge in [0.2, 0.25) is 0 Å². The molecule has 0 amide bonds. The molecule has 3 aliphatic rings. The van der Waals surface area contributed by atoms with Gasteiger partial charge in [-0.3, -0.25) is 0 Å². The molecule has 0 spiro atoms. The van der Waals surface area contributed by atoms with Gasteiger partial charge in [-0.25, -0.2) is 0 Å². The van der Waals surface area contributed by atoms with Crippen LogP contribution in [-0.2, 0) is 20.0 Å². The molecule has 220 valence electrons. The molecule has 3 heteroatoms. The normalized spacial score (nSPS) is 19.0. The summed E-state index contributed by atoms with van der Waals surface area (Å²) >= 11 is -3.03. The van der Waals surface area contributed by atoms with Crippen LogP contribution in [0.5, 0.6) is 0 Å². The summed E-state index contributed by atoms with van der Waals surface area (Å²) in [7, 11) is 0. The fourth-order valence-corrected chi connectivity index (χ4v) is 37.3. The van der Waals surface area contributed by atoms with E-state index < -0.39 is 20.0 Å². The smallest absolute Gasteiger partial charge is 1.00 e. The zero-order valence-corrected chi connectivity index (χ0v) is 31.3. The first-order valence-corrected chi connectivity index (χ1v) is 24.6.